The van der Waals surface area contributed by atoms with Gasteiger partial charge < -0.3 is 24.1 Å². The zero-order chi connectivity index (χ0) is 21.5. The maximum Gasteiger partial charge on any atom is 0.237 e. The first-order valence-corrected chi connectivity index (χ1v) is 10.2. The molecule has 2 N–H and O–H groups in total. The summed E-state index contributed by atoms with van der Waals surface area (Å²) < 4.78 is 16.2. The number of aromatic amines is 1. The van der Waals surface area contributed by atoms with Crippen LogP contribution < -0.4 is 4.74 Å². The van der Waals surface area contributed by atoms with Crippen LogP contribution in [0.2, 0.25) is 5.02 Å². The Bertz CT molecular complexity index is 1270. The highest BCUT2D eigenvalue weighted by Gasteiger charge is 2.24. The van der Waals surface area contributed by atoms with Crippen molar-refractivity contribution in [3.8, 4) is 22.8 Å². The van der Waals surface area contributed by atoms with Gasteiger partial charge in [-0.3, -0.25) is 4.79 Å². The van der Waals surface area contributed by atoms with Crippen molar-refractivity contribution in [1.29, 1.82) is 0 Å². The van der Waals surface area contributed by atoms with Crippen LogP contribution in [0.3, 0.4) is 0 Å². The molecule has 0 bridgehead atoms. The van der Waals surface area contributed by atoms with Crippen molar-refractivity contribution in [3.05, 3.63) is 64.5 Å². The second-order valence-electron chi connectivity index (χ2n) is 7.50. The molecule has 0 amide bonds. The molecule has 0 saturated carbocycles. The number of carbonyl (C=O) groups is 1. The number of nitrogens with zero attached hydrogens (tertiary/aromatic N) is 1. The molecule has 1 fully saturated rings. The minimum Gasteiger partial charge on any atom is -0.494 e. The molecular formula is C23H19ClN2O5. The Morgan fingerprint density at radius 2 is 2.06 bits per heavy atom. The molecule has 7 nitrogen and oxygen atoms in total. The molecule has 4 aromatic rings. The molecule has 158 valence electrons. The first kappa shape index (κ1) is 19.7. The second-order valence-corrected chi connectivity index (χ2v) is 7.91. The van der Waals surface area contributed by atoms with E-state index in [1.165, 1.54) is 6.07 Å². The Morgan fingerprint density at radius 3 is 2.71 bits per heavy atom. The number of hydrogen-bond acceptors (Lipinski definition) is 6. The van der Waals surface area contributed by atoms with E-state index in [0.717, 1.165) is 29.9 Å². The van der Waals surface area contributed by atoms with Crippen LogP contribution >= 0.6 is 11.6 Å². The molecule has 8 heteroatoms. The number of nitrogens with one attached hydrogen (secondary N) is 1. The van der Waals surface area contributed by atoms with E-state index in [9.17, 15) is 9.90 Å². The number of rotatable bonds is 6. The molecule has 1 atom stereocenters. The minimum atomic E-state index is -0.459. The van der Waals surface area contributed by atoms with Crippen molar-refractivity contribution in [1.82, 2.24) is 10.1 Å². The Kier molecular flexibility index (Phi) is 4.92. The van der Waals surface area contributed by atoms with Gasteiger partial charge in [0.15, 0.2) is 0 Å². The summed E-state index contributed by atoms with van der Waals surface area (Å²) in [4.78, 5) is 15.7. The number of halogens is 1. The van der Waals surface area contributed by atoms with Crippen LogP contribution in [0.15, 0.2) is 47.0 Å². The van der Waals surface area contributed by atoms with Crippen molar-refractivity contribution >= 4 is 28.3 Å². The van der Waals surface area contributed by atoms with Gasteiger partial charge in [-0.25, -0.2) is 0 Å². The molecule has 0 radical (unpaired) electrons. The standard InChI is InChI=1S/C23H19ClN2O5/c1-12-8-20(31-26-12)22(27)21-17-9-16(18(24)10-19(17)25-23(21)28)13-2-4-14(5-3-13)30-11-15-6-7-29-15/h2-5,8-10,15,25,28H,6-7,11H2,1H3. The van der Waals surface area contributed by atoms with E-state index in [0.29, 0.717) is 28.2 Å². The molecule has 0 aliphatic carbocycles. The van der Waals surface area contributed by atoms with E-state index < -0.39 is 5.78 Å². The minimum absolute atomic E-state index is 0.0575. The highest BCUT2D eigenvalue weighted by Crippen LogP contribution is 2.37. The van der Waals surface area contributed by atoms with Crippen LogP contribution in [0.25, 0.3) is 22.0 Å². The van der Waals surface area contributed by atoms with Gasteiger partial charge in [0.1, 0.15) is 12.4 Å². The third kappa shape index (κ3) is 3.66. The predicted molar refractivity (Wildman–Crippen MR) is 115 cm³/mol. The molecule has 1 aliphatic rings. The lowest BCUT2D eigenvalue weighted by Gasteiger charge is -2.26. The quantitative estimate of drug-likeness (QED) is 0.416. The third-order valence-corrected chi connectivity index (χ3v) is 5.65. The smallest absolute Gasteiger partial charge is 0.237 e. The lowest BCUT2D eigenvalue weighted by atomic mass is 10.0. The number of ether oxygens (including phenoxy) is 2. The molecule has 1 unspecified atom stereocenters. The van der Waals surface area contributed by atoms with E-state index in [1.807, 2.05) is 24.3 Å². The Morgan fingerprint density at radius 1 is 1.29 bits per heavy atom. The summed E-state index contributed by atoms with van der Waals surface area (Å²) in [6.45, 7) is 3.05. The van der Waals surface area contributed by atoms with Crippen LogP contribution in [-0.4, -0.2) is 40.3 Å². The zero-order valence-electron chi connectivity index (χ0n) is 16.6. The van der Waals surface area contributed by atoms with Crippen molar-refractivity contribution in [2.45, 2.75) is 19.4 Å². The highest BCUT2D eigenvalue weighted by atomic mass is 35.5. The van der Waals surface area contributed by atoms with Gasteiger partial charge in [-0.15, -0.1) is 0 Å². The van der Waals surface area contributed by atoms with Crippen LogP contribution in [0.1, 0.15) is 28.2 Å². The molecule has 31 heavy (non-hydrogen) atoms. The molecule has 2 aromatic carbocycles. The van der Waals surface area contributed by atoms with Gasteiger partial charge in [0, 0.05) is 30.0 Å². The summed E-state index contributed by atoms with van der Waals surface area (Å²) in [6.07, 6.45) is 1.19. The topological polar surface area (TPSA) is 97.6 Å². The predicted octanol–water partition coefficient (Wildman–Crippen LogP) is 4.89. The summed E-state index contributed by atoms with van der Waals surface area (Å²) in [7, 11) is 0. The number of carbonyl (C=O) groups excluding carboxylic acids is 1. The van der Waals surface area contributed by atoms with Gasteiger partial charge >= 0.3 is 0 Å². The molecule has 5 rings (SSSR count). The number of ketones is 1. The van der Waals surface area contributed by atoms with Crippen LogP contribution in [-0.2, 0) is 4.74 Å². The van der Waals surface area contributed by atoms with Gasteiger partial charge in [0.25, 0.3) is 0 Å². The fraction of sp³-hybridized carbons (Fsp3) is 0.217. The SMILES string of the molecule is Cc1cc(C(=O)c2c(O)[nH]c3cc(Cl)c(-c4ccc(OCC5CCO5)cc4)cc23)on1. The molecule has 3 heterocycles. The normalized spacial score (nSPS) is 15.7. The van der Waals surface area contributed by atoms with E-state index in [2.05, 4.69) is 10.1 Å². The van der Waals surface area contributed by atoms with E-state index in [-0.39, 0.29) is 23.3 Å². The zero-order valence-corrected chi connectivity index (χ0v) is 17.4. The first-order valence-electron chi connectivity index (χ1n) is 9.86. The summed E-state index contributed by atoms with van der Waals surface area (Å²) in [6, 6.07) is 12.5. The number of aromatic hydroxyl groups is 1. The average molecular weight is 439 g/mol. The maximum atomic E-state index is 12.9. The van der Waals surface area contributed by atoms with E-state index in [1.54, 1.807) is 19.1 Å². The highest BCUT2D eigenvalue weighted by molar-refractivity contribution is 6.34. The third-order valence-electron chi connectivity index (χ3n) is 5.34. The van der Waals surface area contributed by atoms with Crippen molar-refractivity contribution in [2.75, 3.05) is 13.2 Å². The molecule has 1 aliphatic heterocycles. The van der Waals surface area contributed by atoms with Gasteiger partial charge in [-0.2, -0.15) is 0 Å². The first-order chi connectivity index (χ1) is 15.0. The average Bonchev–Trinajstić information content (AvgIpc) is 3.28. The summed E-state index contributed by atoms with van der Waals surface area (Å²) in [5.41, 5.74) is 2.83. The Labute approximate surface area is 182 Å². The summed E-state index contributed by atoms with van der Waals surface area (Å²) in [5, 5.41) is 15.2. The number of aromatic nitrogens is 2. The molecule has 2 aromatic heterocycles. The lowest BCUT2D eigenvalue weighted by Crippen LogP contribution is -2.32. The van der Waals surface area contributed by atoms with E-state index in [4.69, 9.17) is 25.6 Å². The fourth-order valence-corrected chi connectivity index (χ4v) is 3.85. The Hall–Kier alpha value is -3.29. The number of aryl methyl sites for hydroxylation is 1. The van der Waals surface area contributed by atoms with Gasteiger partial charge in [0.05, 0.1) is 27.9 Å². The van der Waals surface area contributed by atoms with Crippen molar-refractivity contribution < 1.29 is 23.9 Å². The second kappa shape index (κ2) is 7.76. The lowest BCUT2D eigenvalue weighted by molar-refractivity contribution is -0.0720. The van der Waals surface area contributed by atoms with E-state index >= 15 is 0 Å². The molecule has 1 saturated heterocycles. The van der Waals surface area contributed by atoms with Crippen LogP contribution in [0.5, 0.6) is 11.6 Å². The number of benzene rings is 2. The van der Waals surface area contributed by atoms with Crippen LogP contribution in [0.4, 0.5) is 0 Å². The number of hydrogen-bond donors (Lipinski definition) is 2. The maximum absolute atomic E-state index is 12.9. The fourth-order valence-electron chi connectivity index (χ4n) is 3.58. The summed E-state index contributed by atoms with van der Waals surface area (Å²) >= 11 is 6.51. The number of H-pyrrole nitrogens is 1. The van der Waals surface area contributed by atoms with Gasteiger partial charge in [0.2, 0.25) is 17.4 Å². The summed E-state index contributed by atoms with van der Waals surface area (Å²) in [5.74, 6) is 0.0956. The molecule has 0 spiro atoms. The molecular weight excluding hydrogens is 420 g/mol. The van der Waals surface area contributed by atoms with Gasteiger partial charge in [-0.1, -0.05) is 28.9 Å². The van der Waals surface area contributed by atoms with Crippen molar-refractivity contribution in [3.63, 3.8) is 0 Å². The Balaban J connectivity index is 1.49. The largest absolute Gasteiger partial charge is 0.494 e. The van der Waals surface area contributed by atoms with Gasteiger partial charge in [-0.05, 0) is 36.8 Å². The van der Waals surface area contributed by atoms with Crippen molar-refractivity contribution in [2.24, 2.45) is 0 Å². The monoisotopic (exact) mass is 438 g/mol. The van der Waals surface area contributed by atoms with Crippen LogP contribution in [0, 0.1) is 6.92 Å². The number of fused-ring (bicyclic) bond motifs is 1.